The molecule has 1 N–H and O–H groups in total. The predicted molar refractivity (Wildman–Crippen MR) is 96.1 cm³/mol. The van der Waals surface area contributed by atoms with Crippen LogP contribution in [0.4, 0.5) is 11.4 Å². The van der Waals surface area contributed by atoms with E-state index in [4.69, 9.17) is 0 Å². The van der Waals surface area contributed by atoms with Gasteiger partial charge in [0.1, 0.15) is 0 Å². The molecule has 1 aliphatic rings. The van der Waals surface area contributed by atoms with E-state index < -0.39 is 0 Å². The maximum atomic E-state index is 12.6. The summed E-state index contributed by atoms with van der Waals surface area (Å²) >= 11 is 0. The number of nitrogens with one attached hydrogen (secondary N) is 1. The third kappa shape index (κ3) is 3.48. The van der Waals surface area contributed by atoms with Crippen molar-refractivity contribution >= 4 is 23.2 Å². The molecule has 0 saturated carbocycles. The fourth-order valence-corrected chi connectivity index (χ4v) is 3.16. The van der Waals surface area contributed by atoms with E-state index in [-0.39, 0.29) is 17.7 Å². The molecule has 0 spiro atoms. The molecule has 3 rings (SSSR count). The van der Waals surface area contributed by atoms with Crippen LogP contribution in [0, 0.1) is 0 Å². The number of amides is 2. The Hall–Kier alpha value is -2.62. The fraction of sp³-hybridized carbons (Fsp3) is 0.300. The van der Waals surface area contributed by atoms with Gasteiger partial charge in [-0.3, -0.25) is 9.59 Å². The Labute approximate surface area is 142 Å². The van der Waals surface area contributed by atoms with Gasteiger partial charge < -0.3 is 10.2 Å². The van der Waals surface area contributed by atoms with Gasteiger partial charge in [0.15, 0.2) is 0 Å². The van der Waals surface area contributed by atoms with Gasteiger partial charge in [0.25, 0.3) is 0 Å². The van der Waals surface area contributed by atoms with Crippen molar-refractivity contribution in [1.82, 2.24) is 0 Å². The summed E-state index contributed by atoms with van der Waals surface area (Å²) in [5.41, 5.74) is 2.60. The van der Waals surface area contributed by atoms with Gasteiger partial charge in [-0.15, -0.1) is 0 Å². The Bertz CT molecular complexity index is 727. The summed E-state index contributed by atoms with van der Waals surface area (Å²) < 4.78 is 0. The number of carbonyl (C=O) groups is 2. The van der Waals surface area contributed by atoms with Crippen LogP contribution < -0.4 is 10.2 Å². The monoisotopic (exact) mass is 322 g/mol. The van der Waals surface area contributed by atoms with Gasteiger partial charge in [-0.1, -0.05) is 43.3 Å². The number of hydrogen-bond acceptors (Lipinski definition) is 2. The number of nitrogens with zero attached hydrogens (tertiary/aromatic N) is 1. The van der Waals surface area contributed by atoms with Crippen LogP contribution in [0.1, 0.15) is 37.7 Å². The second kappa shape index (κ2) is 7.30. The van der Waals surface area contributed by atoms with Crippen molar-refractivity contribution in [2.45, 2.75) is 32.1 Å². The van der Waals surface area contributed by atoms with Crippen molar-refractivity contribution in [3.05, 3.63) is 60.2 Å². The second-order valence-electron chi connectivity index (χ2n) is 6.06. The molecule has 1 aliphatic heterocycles. The number of rotatable bonds is 5. The molecule has 1 saturated heterocycles. The van der Waals surface area contributed by atoms with E-state index in [0.29, 0.717) is 6.42 Å². The number of hydrogen-bond donors (Lipinski definition) is 1. The van der Waals surface area contributed by atoms with Gasteiger partial charge in [-0.25, -0.2) is 0 Å². The molecular weight excluding hydrogens is 300 g/mol. The highest BCUT2D eigenvalue weighted by atomic mass is 16.2. The van der Waals surface area contributed by atoms with Crippen molar-refractivity contribution < 1.29 is 9.59 Å². The number of carbonyl (C=O) groups excluding carboxylic acids is 2. The summed E-state index contributed by atoms with van der Waals surface area (Å²) in [6, 6.07) is 17.3. The lowest BCUT2D eigenvalue weighted by molar-refractivity contribution is -0.118. The lowest BCUT2D eigenvalue weighted by Gasteiger charge is -2.18. The smallest absolute Gasteiger partial charge is 0.231 e. The zero-order valence-electron chi connectivity index (χ0n) is 13.9. The number of anilines is 2. The molecule has 0 aliphatic carbocycles. The summed E-state index contributed by atoms with van der Waals surface area (Å²) in [5, 5.41) is 2.99. The van der Waals surface area contributed by atoms with Crippen LogP contribution in [0.15, 0.2) is 54.6 Å². The minimum atomic E-state index is -0.178. The van der Waals surface area contributed by atoms with Crippen LogP contribution in [0.25, 0.3) is 0 Å². The average Bonchev–Trinajstić information content (AvgIpc) is 3.03. The largest absolute Gasteiger partial charge is 0.325 e. The molecule has 4 heteroatoms. The zero-order chi connectivity index (χ0) is 16.9. The summed E-state index contributed by atoms with van der Waals surface area (Å²) in [6.45, 7) is 2.76. The van der Waals surface area contributed by atoms with Crippen molar-refractivity contribution in [2.24, 2.45) is 0 Å². The molecule has 1 atom stereocenters. The van der Waals surface area contributed by atoms with Gasteiger partial charge in [0.2, 0.25) is 11.8 Å². The van der Waals surface area contributed by atoms with E-state index >= 15 is 0 Å². The van der Waals surface area contributed by atoms with Crippen LogP contribution in [-0.2, 0) is 9.59 Å². The standard InChI is InChI=1S/C20H22N2O2/c1-2-18(15-8-4-3-5-9-15)20(24)21-16-10-6-11-17(14-16)22-13-7-12-19(22)23/h3-6,8-11,14,18H,2,7,12-13H2,1H3,(H,21,24). The molecule has 1 heterocycles. The fourth-order valence-electron chi connectivity index (χ4n) is 3.16. The SMILES string of the molecule is CCC(C(=O)Nc1cccc(N2CCCC2=O)c1)c1ccccc1. The van der Waals surface area contributed by atoms with Gasteiger partial charge in [0.05, 0.1) is 5.92 Å². The van der Waals surface area contributed by atoms with Gasteiger partial charge in [-0.05, 0) is 36.6 Å². The second-order valence-corrected chi connectivity index (χ2v) is 6.06. The minimum Gasteiger partial charge on any atom is -0.325 e. The Morgan fingerprint density at radius 3 is 2.62 bits per heavy atom. The molecule has 1 unspecified atom stereocenters. The van der Waals surface area contributed by atoms with Gasteiger partial charge >= 0.3 is 0 Å². The lowest BCUT2D eigenvalue weighted by Crippen LogP contribution is -2.24. The van der Waals surface area contributed by atoms with Crippen LogP contribution in [0.2, 0.25) is 0 Å². The minimum absolute atomic E-state index is 0.0198. The Morgan fingerprint density at radius 2 is 1.96 bits per heavy atom. The Balaban J connectivity index is 1.75. The summed E-state index contributed by atoms with van der Waals surface area (Å²) in [5.74, 6) is -0.0499. The van der Waals surface area contributed by atoms with E-state index in [1.165, 1.54) is 0 Å². The maximum absolute atomic E-state index is 12.6. The third-order valence-corrected chi connectivity index (χ3v) is 4.43. The summed E-state index contributed by atoms with van der Waals surface area (Å²) in [6.07, 6.45) is 2.23. The molecular formula is C20H22N2O2. The molecule has 2 amide bonds. The van der Waals surface area contributed by atoms with Gasteiger partial charge in [0, 0.05) is 24.3 Å². The van der Waals surface area contributed by atoms with Crippen molar-refractivity contribution in [1.29, 1.82) is 0 Å². The third-order valence-electron chi connectivity index (χ3n) is 4.43. The first-order valence-electron chi connectivity index (χ1n) is 8.45. The number of benzene rings is 2. The zero-order valence-corrected chi connectivity index (χ0v) is 13.9. The molecule has 0 bridgehead atoms. The van der Waals surface area contributed by atoms with Crippen LogP contribution in [0.3, 0.4) is 0 Å². The van der Waals surface area contributed by atoms with Crippen molar-refractivity contribution in [3.8, 4) is 0 Å². The molecule has 0 aromatic heterocycles. The van der Waals surface area contributed by atoms with Crippen LogP contribution >= 0.6 is 0 Å². The van der Waals surface area contributed by atoms with E-state index in [0.717, 1.165) is 36.3 Å². The normalized spacial score (nSPS) is 15.4. The predicted octanol–water partition coefficient (Wildman–Crippen LogP) is 3.95. The average molecular weight is 322 g/mol. The highest BCUT2D eigenvalue weighted by Crippen LogP contribution is 2.26. The van der Waals surface area contributed by atoms with E-state index in [1.54, 1.807) is 4.90 Å². The first-order chi connectivity index (χ1) is 11.7. The van der Waals surface area contributed by atoms with Crippen LogP contribution in [-0.4, -0.2) is 18.4 Å². The Morgan fingerprint density at radius 1 is 1.17 bits per heavy atom. The molecule has 0 radical (unpaired) electrons. The maximum Gasteiger partial charge on any atom is 0.231 e. The summed E-state index contributed by atoms with van der Waals surface area (Å²) in [7, 11) is 0. The first kappa shape index (κ1) is 16.2. The van der Waals surface area contributed by atoms with Crippen molar-refractivity contribution in [3.63, 3.8) is 0 Å². The van der Waals surface area contributed by atoms with E-state index in [1.807, 2.05) is 61.5 Å². The molecule has 4 nitrogen and oxygen atoms in total. The van der Waals surface area contributed by atoms with E-state index in [2.05, 4.69) is 5.32 Å². The Kier molecular flexibility index (Phi) is 4.94. The molecule has 1 fully saturated rings. The highest BCUT2D eigenvalue weighted by Gasteiger charge is 2.22. The van der Waals surface area contributed by atoms with Crippen LogP contribution in [0.5, 0.6) is 0 Å². The first-order valence-corrected chi connectivity index (χ1v) is 8.45. The van der Waals surface area contributed by atoms with Crippen molar-refractivity contribution in [2.75, 3.05) is 16.8 Å². The molecule has 2 aromatic carbocycles. The quantitative estimate of drug-likeness (QED) is 0.906. The van der Waals surface area contributed by atoms with E-state index in [9.17, 15) is 9.59 Å². The molecule has 2 aromatic rings. The summed E-state index contributed by atoms with van der Waals surface area (Å²) in [4.78, 5) is 26.3. The van der Waals surface area contributed by atoms with Gasteiger partial charge in [-0.2, -0.15) is 0 Å². The lowest BCUT2D eigenvalue weighted by atomic mass is 9.95. The molecule has 124 valence electrons. The topological polar surface area (TPSA) is 49.4 Å². The molecule has 24 heavy (non-hydrogen) atoms. The highest BCUT2D eigenvalue weighted by molar-refractivity contribution is 5.98.